The molecule has 0 aromatic heterocycles. The molecule has 1 aliphatic heterocycles. The van der Waals surface area contributed by atoms with Crippen LogP contribution in [-0.4, -0.2) is 37.0 Å². The predicted molar refractivity (Wildman–Crippen MR) is 76.6 cm³/mol. The van der Waals surface area contributed by atoms with Gasteiger partial charge in [0.05, 0.1) is 0 Å². The molecule has 1 aliphatic rings. The molecular weight excluding hydrogens is 224 g/mol. The lowest BCUT2D eigenvalue weighted by atomic mass is 9.94. The molecule has 3 heteroatoms. The Balaban J connectivity index is 2.36. The van der Waals surface area contributed by atoms with E-state index in [0.29, 0.717) is 17.9 Å². The maximum atomic E-state index is 12.3. The summed E-state index contributed by atoms with van der Waals surface area (Å²) in [7, 11) is 1.99. The third-order valence-corrected chi connectivity index (χ3v) is 4.26. The van der Waals surface area contributed by atoms with Crippen molar-refractivity contribution in [3.63, 3.8) is 0 Å². The van der Waals surface area contributed by atoms with Gasteiger partial charge in [0.15, 0.2) is 0 Å². The molecule has 1 rings (SSSR count). The van der Waals surface area contributed by atoms with Crippen LogP contribution >= 0.6 is 0 Å². The van der Waals surface area contributed by atoms with Crippen molar-refractivity contribution in [3.05, 3.63) is 0 Å². The van der Waals surface area contributed by atoms with Gasteiger partial charge in [0.1, 0.15) is 0 Å². The summed E-state index contributed by atoms with van der Waals surface area (Å²) in [5, 5.41) is 3.35. The number of carbonyl (C=O) groups is 1. The summed E-state index contributed by atoms with van der Waals surface area (Å²) in [6.07, 6.45) is 7.78. The first kappa shape index (κ1) is 15.5. The van der Waals surface area contributed by atoms with Crippen molar-refractivity contribution in [2.24, 2.45) is 5.92 Å². The molecule has 0 saturated carbocycles. The molecule has 0 spiro atoms. The summed E-state index contributed by atoms with van der Waals surface area (Å²) in [5.74, 6) is 0.937. The molecule has 1 N–H and O–H groups in total. The highest BCUT2D eigenvalue weighted by Gasteiger charge is 2.23. The zero-order chi connectivity index (χ0) is 13.4. The van der Waals surface area contributed by atoms with Crippen molar-refractivity contribution in [3.8, 4) is 0 Å². The Morgan fingerprint density at radius 1 is 1.33 bits per heavy atom. The van der Waals surface area contributed by atoms with Crippen LogP contribution in [0.1, 0.15) is 58.8 Å². The van der Waals surface area contributed by atoms with Gasteiger partial charge >= 0.3 is 0 Å². The number of carbonyl (C=O) groups excluding carboxylic acids is 1. The minimum absolute atomic E-state index is 0.352. The van der Waals surface area contributed by atoms with Gasteiger partial charge in [0.2, 0.25) is 5.91 Å². The second-order valence-electron chi connectivity index (χ2n) is 5.61. The quantitative estimate of drug-likeness (QED) is 0.757. The van der Waals surface area contributed by atoms with Gasteiger partial charge in [-0.2, -0.15) is 0 Å². The Labute approximate surface area is 112 Å². The van der Waals surface area contributed by atoms with E-state index in [9.17, 15) is 4.79 Å². The maximum absolute atomic E-state index is 12.3. The van der Waals surface area contributed by atoms with Crippen LogP contribution in [0, 0.1) is 5.92 Å². The van der Waals surface area contributed by atoms with Crippen LogP contribution in [0.2, 0.25) is 0 Å². The topological polar surface area (TPSA) is 32.3 Å². The number of nitrogens with zero attached hydrogens (tertiary/aromatic N) is 1. The molecule has 1 heterocycles. The zero-order valence-electron chi connectivity index (χ0n) is 12.4. The van der Waals surface area contributed by atoms with Crippen LogP contribution in [0.5, 0.6) is 0 Å². The van der Waals surface area contributed by atoms with Gasteiger partial charge in [-0.1, -0.05) is 33.1 Å². The van der Waals surface area contributed by atoms with Crippen molar-refractivity contribution in [1.29, 1.82) is 0 Å². The van der Waals surface area contributed by atoms with Crippen LogP contribution in [-0.2, 0) is 4.79 Å². The van der Waals surface area contributed by atoms with Gasteiger partial charge in [-0.3, -0.25) is 4.79 Å². The fourth-order valence-electron chi connectivity index (χ4n) is 2.73. The lowest BCUT2D eigenvalue weighted by Crippen LogP contribution is -2.44. The van der Waals surface area contributed by atoms with Gasteiger partial charge in [-0.15, -0.1) is 0 Å². The summed E-state index contributed by atoms with van der Waals surface area (Å²) in [5.41, 5.74) is 0. The number of rotatable bonds is 7. The van der Waals surface area contributed by atoms with Crippen molar-refractivity contribution >= 4 is 5.91 Å². The Kier molecular flexibility index (Phi) is 7.33. The van der Waals surface area contributed by atoms with Crippen LogP contribution in [0.15, 0.2) is 0 Å². The second-order valence-corrected chi connectivity index (χ2v) is 5.61. The first-order chi connectivity index (χ1) is 8.69. The third kappa shape index (κ3) is 4.97. The molecule has 0 aromatic carbocycles. The van der Waals surface area contributed by atoms with E-state index >= 15 is 0 Å². The van der Waals surface area contributed by atoms with Crippen molar-refractivity contribution in [1.82, 2.24) is 10.2 Å². The van der Waals surface area contributed by atoms with E-state index in [1.54, 1.807) is 0 Å². The highest BCUT2D eigenvalue weighted by molar-refractivity contribution is 5.76. The number of piperidine rings is 1. The number of hydrogen-bond donors (Lipinski definition) is 1. The maximum Gasteiger partial charge on any atom is 0.222 e. The van der Waals surface area contributed by atoms with Gasteiger partial charge in [0, 0.05) is 19.5 Å². The second kappa shape index (κ2) is 8.52. The van der Waals surface area contributed by atoms with E-state index in [1.807, 2.05) is 11.9 Å². The Bertz CT molecular complexity index is 237. The van der Waals surface area contributed by atoms with Crippen molar-refractivity contribution in [2.45, 2.75) is 64.8 Å². The minimum atomic E-state index is 0.352. The average Bonchev–Trinajstić information content (AvgIpc) is 2.43. The Morgan fingerprint density at radius 3 is 2.56 bits per heavy atom. The fraction of sp³-hybridized carbons (Fsp3) is 0.933. The molecule has 3 nitrogen and oxygen atoms in total. The van der Waals surface area contributed by atoms with Crippen LogP contribution in [0.25, 0.3) is 0 Å². The van der Waals surface area contributed by atoms with Gasteiger partial charge in [-0.25, -0.2) is 0 Å². The van der Waals surface area contributed by atoms with E-state index in [0.717, 1.165) is 38.8 Å². The number of nitrogens with one attached hydrogen (secondary N) is 1. The monoisotopic (exact) mass is 254 g/mol. The molecule has 0 radical (unpaired) electrons. The molecule has 106 valence electrons. The highest BCUT2D eigenvalue weighted by atomic mass is 16.2. The SMILES string of the molecule is CCCCC(CC)CC(=O)N(C)C1CCNCC1. The summed E-state index contributed by atoms with van der Waals surface area (Å²) >= 11 is 0. The smallest absolute Gasteiger partial charge is 0.222 e. The molecule has 1 atom stereocenters. The zero-order valence-corrected chi connectivity index (χ0v) is 12.4. The van der Waals surface area contributed by atoms with Gasteiger partial charge in [-0.05, 0) is 38.3 Å². The van der Waals surface area contributed by atoms with E-state index < -0.39 is 0 Å². The van der Waals surface area contributed by atoms with Crippen LogP contribution < -0.4 is 5.32 Å². The van der Waals surface area contributed by atoms with E-state index in [4.69, 9.17) is 0 Å². The molecule has 1 fully saturated rings. The van der Waals surface area contributed by atoms with E-state index in [-0.39, 0.29) is 0 Å². The number of hydrogen-bond acceptors (Lipinski definition) is 2. The standard InChI is InChI=1S/C15H30N2O/c1-4-6-7-13(5-2)12-15(18)17(3)14-8-10-16-11-9-14/h13-14,16H,4-12H2,1-3H3. The largest absolute Gasteiger partial charge is 0.343 e. The molecule has 0 aliphatic carbocycles. The summed E-state index contributed by atoms with van der Waals surface area (Å²) in [4.78, 5) is 14.3. The molecule has 0 aromatic rings. The summed E-state index contributed by atoms with van der Waals surface area (Å²) in [6.45, 7) is 6.53. The average molecular weight is 254 g/mol. The number of unbranched alkanes of at least 4 members (excludes halogenated alkanes) is 1. The summed E-state index contributed by atoms with van der Waals surface area (Å²) < 4.78 is 0. The lowest BCUT2D eigenvalue weighted by Gasteiger charge is -2.32. The Morgan fingerprint density at radius 2 is 2.00 bits per heavy atom. The fourth-order valence-corrected chi connectivity index (χ4v) is 2.73. The third-order valence-electron chi connectivity index (χ3n) is 4.26. The van der Waals surface area contributed by atoms with Crippen LogP contribution in [0.4, 0.5) is 0 Å². The molecule has 0 bridgehead atoms. The molecule has 1 saturated heterocycles. The normalized spacial score (nSPS) is 18.6. The van der Waals surface area contributed by atoms with Gasteiger partial charge < -0.3 is 10.2 Å². The number of amides is 1. The lowest BCUT2D eigenvalue weighted by molar-refractivity contribution is -0.133. The predicted octanol–water partition coefficient (Wildman–Crippen LogP) is 2.80. The highest BCUT2D eigenvalue weighted by Crippen LogP contribution is 2.19. The summed E-state index contributed by atoms with van der Waals surface area (Å²) in [6, 6.07) is 0.461. The van der Waals surface area contributed by atoms with E-state index in [2.05, 4.69) is 19.2 Å². The van der Waals surface area contributed by atoms with Crippen molar-refractivity contribution in [2.75, 3.05) is 20.1 Å². The molecule has 1 unspecified atom stereocenters. The minimum Gasteiger partial charge on any atom is -0.343 e. The van der Waals surface area contributed by atoms with Crippen molar-refractivity contribution < 1.29 is 4.79 Å². The molecule has 1 amide bonds. The first-order valence-corrected chi connectivity index (χ1v) is 7.65. The molecule has 18 heavy (non-hydrogen) atoms. The van der Waals surface area contributed by atoms with E-state index in [1.165, 1.54) is 19.3 Å². The van der Waals surface area contributed by atoms with Crippen LogP contribution in [0.3, 0.4) is 0 Å². The first-order valence-electron chi connectivity index (χ1n) is 7.65. The van der Waals surface area contributed by atoms with Gasteiger partial charge in [0.25, 0.3) is 0 Å². The Hall–Kier alpha value is -0.570. The molecular formula is C15H30N2O.